The molecule has 4 nitrogen and oxygen atoms in total. The number of carbonyl (C=O) groups is 1. The quantitative estimate of drug-likeness (QED) is 0.794. The lowest BCUT2D eigenvalue weighted by atomic mass is 10.1. The third kappa shape index (κ3) is 2.52. The Morgan fingerprint density at radius 1 is 1.29 bits per heavy atom. The van der Waals surface area contributed by atoms with Crippen LogP contribution in [0.4, 0.5) is 5.69 Å². The van der Waals surface area contributed by atoms with Crippen LogP contribution in [0.15, 0.2) is 24.3 Å². The van der Waals surface area contributed by atoms with Crippen LogP contribution in [-0.4, -0.2) is 26.7 Å². The molecule has 0 aromatic heterocycles. The fourth-order valence-corrected chi connectivity index (χ4v) is 1.80. The topological polar surface area (TPSA) is 47.6 Å². The van der Waals surface area contributed by atoms with Gasteiger partial charge in [-0.25, -0.2) is 0 Å². The molecule has 0 radical (unpaired) electrons. The Morgan fingerprint density at radius 3 is 2.41 bits per heavy atom. The van der Waals surface area contributed by atoms with Gasteiger partial charge in [0.15, 0.2) is 0 Å². The number of anilines is 1. The fraction of sp³-hybridized carbons (Fsp3) is 0.462. The molecule has 92 valence electrons. The molecule has 1 aliphatic rings. The summed E-state index contributed by atoms with van der Waals surface area (Å²) in [7, 11) is 3.08. The van der Waals surface area contributed by atoms with Gasteiger partial charge in [-0.05, 0) is 37.1 Å². The number of hydrogen-bond donors (Lipinski definition) is 1. The standard InChI is InChI=1S/C13H17NO3/c1-16-11-5-3-10(4-6-11)14-9-13(7-8-13)12(15)17-2/h3-6,14H,7-9H2,1-2H3. The zero-order valence-corrected chi connectivity index (χ0v) is 10.2. The zero-order valence-electron chi connectivity index (χ0n) is 10.2. The molecule has 1 aliphatic carbocycles. The maximum Gasteiger partial charge on any atom is 0.313 e. The number of ether oxygens (including phenoxy) is 2. The van der Waals surface area contributed by atoms with Crippen molar-refractivity contribution in [3.63, 3.8) is 0 Å². The summed E-state index contributed by atoms with van der Waals surface area (Å²) in [5.74, 6) is 0.711. The van der Waals surface area contributed by atoms with Crippen LogP contribution in [0.2, 0.25) is 0 Å². The number of benzene rings is 1. The second kappa shape index (κ2) is 4.65. The van der Waals surface area contributed by atoms with E-state index < -0.39 is 0 Å². The first-order chi connectivity index (χ1) is 8.20. The van der Waals surface area contributed by atoms with E-state index in [1.165, 1.54) is 7.11 Å². The highest BCUT2D eigenvalue weighted by molar-refractivity contribution is 5.80. The highest BCUT2D eigenvalue weighted by Crippen LogP contribution is 2.46. The van der Waals surface area contributed by atoms with Gasteiger partial charge in [0.2, 0.25) is 0 Å². The largest absolute Gasteiger partial charge is 0.497 e. The van der Waals surface area contributed by atoms with Crippen molar-refractivity contribution in [2.24, 2.45) is 5.41 Å². The van der Waals surface area contributed by atoms with Crippen LogP contribution < -0.4 is 10.1 Å². The van der Waals surface area contributed by atoms with Gasteiger partial charge in [0, 0.05) is 12.2 Å². The second-order valence-electron chi connectivity index (χ2n) is 4.35. The van der Waals surface area contributed by atoms with E-state index in [-0.39, 0.29) is 11.4 Å². The number of nitrogens with one attached hydrogen (secondary N) is 1. The van der Waals surface area contributed by atoms with Gasteiger partial charge in [-0.1, -0.05) is 0 Å². The molecule has 1 saturated carbocycles. The molecular weight excluding hydrogens is 218 g/mol. The smallest absolute Gasteiger partial charge is 0.313 e. The zero-order chi connectivity index (χ0) is 12.3. The SMILES string of the molecule is COC(=O)C1(CNc2ccc(OC)cc2)CC1. The molecule has 0 aliphatic heterocycles. The Morgan fingerprint density at radius 2 is 1.94 bits per heavy atom. The lowest BCUT2D eigenvalue weighted by Crippen LogP contribution is -2.25. The van der Waals surface area contributed by atoms with E-state index in [2.05, 4.69) is 5.32 Å². The predicted octanol–water partition coefficient (Wildman–Crippen LogP) is 2.06. The van der Waals surface area contributed by atoms with Gasteiger partial charge in [-0.3, -0.25) is 4.79 Å². The van der Waals surface area contributed by atoms with Gasteiger partial charge in [0.1, 0.15) is 5.75 Å². The normalized spacial score (nSPS) is 16.1. The van der Waals surface area contributed by atoms with E-state index >= 15 is 0 Å². The average molecular weight is 235 g/mol. The number of carbonyl (C=O) groups excluding carboxylic acids is 1. The summed E-state index contributed by atoms with van der Waals surface area (Å²) in [5, 5.41) is 3.26. The summed E-state index contributed by atoms with van der Waals surface area (Å²) < 4.78 is 9.88. The third-order valence-corrected chi connectivity index (χ3v) is 3.19. The van der Waals surface area contributed by atoms with E-state index in [0.29, 0.717) is 6.54 Å². The molecule has 0 spiro atoms. The average Bonchev–Trinajstić information content (AvgIpc) is 3.17. The first-order valence-corrected chi connectivity index (χ1v) is 5.66. The molecule has 0 atom stereocenters. The minimum absolute atomic E-state index is 0.112. The lowest BCUT2D eigenvalue weighted by Gasteiger charge is -2.14. The second-order valence-corrected chi connectivity index (χ2v) is 4.35. The Balaban J connectivity index is 1.91. The summed E-state index contributed by atoms with van der Waals surface area (Å²) in [6, 6.07) is 7.65. The first-order valence-electron chi connectivity index (χ1n) is 5.66. The predicted molar refractivity (Wildman–Crippen MR) is 65.2 cm³/mol. The fourth-order valence-electron chi connectivity index (χ4n) is 1.80. The van der Waals surface area contributed by atoms with E-state index in [9.17, 15) is 4.79 Å². The summed E-state index contributed by atoms with van der Waals surface area (Å²) in [5.41, 5.74) is 0.690. The molecule has 0 bridgehead atoms. The van der Waals surface area contributed by atoms with Gasteiger partial charge < -0.3 is 14.8 Å². The Kier molecular flexibility index (Phi) is 3.22. The molecule has 1 fully saturated rings. The lowest BCUT2D eigenvalue weighted by molar-refractivity contribution is -0.146. The molecule has 1 aromatic carbocycles. The van der Waals surface area contributed by atoms with Gasteiger partial charge in [0.05, 0.1) is 19.6 Å². The van der Waals surface area contributed by atoms with Crippen LogP contribution in [0.1, 0.15) is 12.8 Å². The molecule has 17 heavy (non-hydrogen) atoms. The van der Waals surface area contributed by atoms with Crippen molar-refractivity contribution in [2.75, 3.05) is 26.1 Å². The van der Waals surface area contributed by atoms with Crippen LogP contribution in [0.3, 0.4) is 0 Å². The number of rotatable bonds is 5. The van der Waals surface area contributed by atoms with Crippen LogP contribution in [0, 0.1) is 5.41 Å². The Labute approximate surface area is 101 Å². The van der Waals surface area contributed by atoms with Crippen LogP contribution >= 0.6 is 0 Å². The summed E-state index contributed by atoms with van der Waals surface area (Å²) in [6.45, 7) is 0.631. The van der Waals surface area contributed by atoms with Crippen LogP contribution in [0.5, 0.6) is 5.75 Å². The molecule has 4 heteroatoms. The van der Waals surface area contributed by atoms with E-state index in [1.54, 1.807) is 7.11 Å². The van der Waals surface area contributed by atoms with Crippen molar-refractivity contribution in [1.82, 2.24) is 0 Å². The van der Waals surface area contributed by atoms with Crippen molar-refractivity contribution >= 4 is 11.7 Å². The molecule has 0 unspecified atom stereocenters. The van der Waals surface area contributed by atoms with Crippen molar-refractivity contribution < 1.29 is 14.3 Å². The van der Waals surface area contributed by atoms with Gasteiger partial charge >= 0.3 is 5.97 Å². The first kappa shape index (κ1) is 11.8. The Bertz CT molecular complexity index is 396. The van der Waals surface area contributed by atoms with Crippen molar-refractivity contribution in [3.8, 4) is 5.75 Å². The van der Waals surface area contributed by atoms with E-state index in [0.717, 1.165) is 24.3 Å². The van der Waals surface area contributed by atoms with Gasteiger partial charge in [-0.15, -0.1) is 0 Å². The molecule has 0 heterocycles. The summed E-state index contributed by atoms with van der Waals surface area (Å²) in [4.78, 5) is 11.5. The highest BCUT2D eigenvalue weighted by Gasteiger charge is 2.50. The summed E-state index contributed by atoms with van der Waals surface area (Å²) >= 11 is 0. The van der Waals surface area contributed by atoms with Gasteiger partial charge in [0.25, 0.3) is 0 Å². The van der Waals surface area contributed by atoms with E-state index in [4.69, 9.17) is 9.47 Å². The molecular formula is C13H17NO3. The van der Waals surface area contributed by atoms with E-state index in [1.807, 2.05) is 24.3 Å². The van der Waals surface area contributed by atoms with Crippen LogP contribution in [-0.2, 0) is 9.53 Å². The van der Waals surface area contributed by atoms with Crippen molar-refractivity contribution in [1.29, 1.82) is 0 Å². The summed E-state index contributed by atoms with van der Waals surface area (Å²) in [6.07, 6.45) is 1.81. The maximum absolute atomic E-state index is 11.5. The van der Waals surface area contributed by atoms with Crippen molar-refractivity contribution in [3.05, 3.63) is 24.3 Å². The molecule has 0 saturated heterocycles. The monoisotopic (exact) mass is 235 g/mol. The highest BCUT2D eigenvalue weighted by atomic mass is 16.5. The molecule has 0 amide bonds. The molecule has 1 N–H and O–H groups in total. The molecule has 2 rings (SSSR count). The third-order valence-electron chi connectivity index (χ3n) is 3.19. The maximum atomic E-state index is 11.5. The Hall–Kier alpha value is -1.71. The van der Waals surface area contributed by atoms with Crippen LogP contribution in [0.25, 0.3) is 0 Å². The minimum Gasteiger partial charge on any atom is -0.497 e. The number of esters is 1. The minimum atomic E-state index is -0.297. The molecule has 1 aromatic rings. The number of hydrogen-bond acceptors (Lipinski definition) is 4. The van der Waals surface area contributed by atoms with Gasteiger partial charge in [-0.2, -0.15) is 0 Å². The van der Waals surface area contributed by atoms with Crippen molar-refractivity contribution in [2.45, 2.75) is 12.8 Å². The number of methoxy groups -OCH3 is 2.